The van der Waals surface area contributed by atoms with Crippen LogP contribution in [0.4, 0.5) is 9.59 Å². The molecule has 1 saturated heterocycles. The first kappa shape index (κ1) is 14.3. The van der Waals surface area contributed by atoms with Crippen LogP contribution in [0.25, 0.3) is 11.1 Å². The molecule has 0 aromatic heterocycles. The van der Waals surface area contributed by atoms with Gasteiger partial charge in [0.15, 0.2) is 6.17 Å². The highest BCUT2D eigenvalue weighted by Crippen LogP contribution is 2.19. The maximum atomic E-state index is 10.7. The Labute approximate surface area is 120 Å². The Morgan fingerprint density at radius 1 is 1.00 bits per heavy atom. The van der Waals surface area contributed by atoms with Crippen molar-refractivity contribution >= 4 is 18.0 Å². The second-order valence-corrected chi connectivity index (χ2v) is 4.25. The first-order valence-electron chi connectivity index (χ1n) is 6.17. The Morgan fingerprint density at radius 2 is 1.57 bits per heavy atom. The fourth-order valence-corrected chi connectivity index (χ4v) is 1.79. The molecule has 3 aliphatic rings. The van der Waals surface area contributed by atoms with Gasteiger partial charge in [-0.3, -0.25) is 10.1 Å². The Bertz CT molecular complexity index is 616. The third kappa shape index (κ3) is 3.93. The predicted octanol–water partition coefficient (Wildman–Crippen LogP) is 0.612. The van der Waals surface area contributed by atoms with Crippen LogP contribution in [-0.2, 0) is 4.79 Å². The van der Waals surface area contributed by atoms with Gasteiger partial charge in [-0.2, -0.15) is 0 Å². The molecule has 5 amide bonds. The van der Waals surface area contributed by atoms with Gasteiger partial charge in [-0.15, -0.1) is 0 Å². The lowest BCUT2D eigenvalue weighted by Crippen LogP contribution is -2.48. The number of nitrogens with one attached hydrogen (secondary N) is 3. The molecule has 3 rings (SSSR count). The van der Waals surface area contributed by atoms with Crippen LogP contribution in [0.5, 0.6) is 0 Å². The number of fused-ring (bicyclic) bond motifs is 1. The van der Waals surface area contributed by atoms with E-state index in [-0.39, 0.29) is 0 Å². The van der Waals surface area contributed by atoms with E-state index < -0.39 is 24.1 Å². The molecule has 0 bridgehead atoms. The van der Waals surface area contributed by atoms with Gasteiger partial charge in [-0.05, 0) is 11.1 Å². The van der Waals surface area contributed by atoms with Gasteiger partial charge < -0.3 is 16.4 Å². The first-order valence-corrected chi connectivity index (χ1v) is 6.17. The van der Waals surface area contributed by atoms with Crippen LogP contribution in [0.15, 0.2) is 48.5 Å². The second kappa shape index (κ2) is 6.38. The highest BCUT2D eigenvalue weighted by Gasteiger charge is 2.29. The van der Waals surface area contributed by atoms with Gasteiger partial charge in [0.05, 0.1) is 0 Å². The van der Waals surface area contributed by atoms with E-state index in [1.165, 1.54) is 11.1 Å². The summed E-state index contributed by atoms with van der Waals surface area (Å²) in [6.07, 6.45) is -1.04. The van der Waals surface area contributed by atoms with Crippen LogP contribution in [0.2, 0.25) is 0 Å². The maximum Gasteiger partial charge on any atom is 0.323 e. The molecule has 1 fully saturated rings. The van der Waals surface area contributed by atoms with Gasteiger partial charge in [0.2, 0.25) is 0 Å². The van der Waals surface area contributed by atoms with Crippen molar-refractivity contribution in [3.8, 4) is 11.1 Å². The Morgan fingerprint density at radius 3 is 2.05 bits per heavy atom. The molecule has 7 heteroatoms. The van der Waals surface area contributed by atoms with E-state index >= 15 is 0 Å². The molecule has 0 aromatic carbocycles. The highest BCUT2D eigenvalue weighted by molar-refractivity contribution is 6.05. The monoisotopic (exact) mass is 286 g/mol. The molecule has 1 unspecified atom stereocenters. The molecular weight excluding hydrogens is 272 g/mol. The number of hydrogen-bond donors (Lipinski definition) is 4. The minimum absolute atomic E-state index is 0.617. The summed E-state index contributed by atoms with van der Waals surface area (Å²) in [5, 5.41) is 6.05. The average Bonchev–Trinajstić information content (AvgIpc) is 2.90. The number of rotatable bonds is 1. The summed E-state index contributed by atoms with van der Waals surface area (Å²) >= 11 is 0. The number of amides is 5. The third-order valence-electron chi connectivity index (χ3n) is 2.72. The van der Waals surface area contributed by atoms with Crippen molar-refractivity contribution in [1.82, 2.24) is 16.0 Å². The number of carbonyl (C=O) groups is 3. The summed E-state index contributed by atoms with van der Waals surface area (Å²) < 4.78 is 0. The number of carbonyl (C=O) groups excluding carboxylic acids is 3. The van der Waals surface area contributed by atoms with Crippen molar-refractivity contribution < 1.29 is 14.4 Å². The van der Waals surface area contributed by atoms with E-state index in [1.807, 2.05) is 16.7 Å². The molecule has 5 N–H and O–H groups in total. The van der Waals surface area contributed by atoms with Crippen molar-refractivity contribution in [1.29, 1.82) is 0 Å². The van der Waals surface area contributed by atoms with E-state index in [1.54, 1.807) is 0 Å². The standard InChI is InChI=1S/C10H8.C4H6N4O3/c1-2-5-9-7-4-8-10(9)6-3-1;5-3(10)6-1-2(9)8-4(11)7-1/h1-8H;1H,(H3,5,6,10)(H2,7,8,9,11). The third-order valence-corrected chi connectivity index (χ3v) is 2.72. The molecule has 1 atom stereocenters. The van der Waals surface area contributed by atoms with Crippen molar-refractivity contribution in [2.24, 2.45) is 5.73 Å². The molecular formula is C14H14N4O3. The molecule has 21 heavy (non-hydrogen) atoms. The van der Waals surface area contributed by atoms with Gasteiger partial charge in [-0.1, -0.05) is 48.5 Å². The van der Waals surface area contributed by atoms with Crippen molar-refractivity contribution in [3.63, 3.8) is 0 Å². The number of imide groups is 1. The van der Waals surface area contributed by atoms with Crippen LogP contribution in [-0.4, -0.2) is 24.1 Å². The summed E-state index contributed by atoms with van der Waals surface area (Å²) in [7, 11) is 0. The molecule has 0 aromatic rings. The van der Waals surface area contributed by atoms with Crippen LogP contribution in [0.3, 0.4) is 0 Å². The average molecular weight is 286 g/mol. The SMILES string of the molecule is NC(=O)NC1NC(=O)NC1=O.c1ccc2cccc-2cc1. The second-order valence-electron chi connectivity index (χ2n) is 4.25. The summed E-state index contributed by atoms with van der Waals surface area (Å²) in [4.78, 5) is 31.3. The van der Waals surface area contributed by atoms with Crippen molar-refractivity contribution in [2.75, 3.05) is 0 Å². The zero-order chi connectivity index (χ0) is 15.2. The van der Waals surface area contributed by atoms with Crippen molar-refractivity contribution in [2.45, 2.75) is 6.17 Å². The van der Waals surface area contributed by atoms with E-state index in [2.05, 4.69) is 47.8 Å². The van der Waals surface area contributed by atoms with Gasteiger partial charge >= 0.3 is 12.1 Å². The van der Waals surface area contributed by atoms with E-state index in [0.717, 1.165) is 0 Å². The predicted molar refractivity (Wildman–Crippen MR) is 76.2 cm³/mol. The summed E-state index contributed by atoms with van der Waals surface area (Å²) in [6, 6.07) is 15.2. The van der Waals surface area contributed by atoms with Gasteiger partial charge in [0.25, 0.3) is 5.91 Å². The minimum atomic E-state index is -1.04. The van der Waals surface area contributed by atoms with E-state index in [0.29, 0.717) is 0 Å². The summed E-state index contributed by atoms with van der Waals surface area (Å²) in [6.45, 7) is 0. The highest BCUT2D eigenvalue weighted by atomic mass is 16.2. The molecule has 108 valence electrons. The Balaban J connectivity index is 0.000000154. The normalized spacial score (nSPS) is 16.5. The number of nitrogens with two attached hydrogens (primary N) is 1. The topological polar surface area (TPSA) is 113 Å². The number of primary amides is 1. The largest absolute Gasteiger partial charge is 0.352 e. The Hall–Kier alpha value is -3.09. The number of urea groups is 2. The lowest BCUT2D eigenvalue weighted by atomic mass is 10.2. The first-order chi connectivity index (χ1) is 10.1. The molecule has 1 aliphatic heterocycles. The molecule has 1 heterocycles. The smallest absolute Gasteiger partial charge is 0.323 e. The zero-order valence-electron chi connectivity index (χ0n) is 11.0. The Kier molecular flexibility index (Phi) is 4.35. The molecule has 7 nitrogen and oxygen atoms in total. The fraction of sp³-hybridized carbons (Fsp3) is 0.0714. The van der Waals surface area contributed by atoms with Gasteiger partial charge in [0.1, 0.15) is 0 Å². The molecule has 0 saturated carbocycles. The van der Waals surface area contributed by atoms with Crippen molar-refractivity contribution in [3.05, 3.63) is 48.5 Å². The molecule has 2 aliphatic carbocycles. The summed E-state index contributed by atoms with van der Waals surface area (Å²) in [5.41, 5.74) is 7.32. The minimum Gasteiger partial charge on any atom is -0.352 e. The van der Waals surface area contributed by atoms with E-state index in [4.69, 9.17) is 5.73 Å². The van der Waals surface area contributed by atoms with E-state index in [9.17, 15) is 14.4 Å². The molecule has 0 spiro atoms. The number of hydrogen-bond acceptors (Lipinski definition) is 3. The lowest BCUT2D eigenvalue weighted by molar-refractivity contribution is -0.120. The van der Waals surface area contributed by atoms with Gasteiger partial charge in [-0.25, -0.2) is 9.59 Å². The van der Waals surface area contributed by atoms with Crippen LogP contribution < -0.4 is 21.7 Å². The lowest BCUT2D eigenvalue weighted by Gasteiger charge is -2.05. The molecule has 0 radical (unpaired) electrons. The quantitative estimate of drug-likeness (QED) is 0.576. The summed E-state index contributed by atoms with van der Waals surface area (Å²) in [5.74, 6) is -0.617. The van der Waals surface area contributed by atoms with Crippen LogP contribution >= 0.6 is 0 Å². The van der Waals surface area contributed by atoms with Crippen LogP contribution in [0, 0.1) is 0 Å². The fourth-order valence-electron chi connectivity index (χ4n) is 1.79. The maximum absolute atomic E-state index is 10.7. The van der Waals surface area contributed by atoms with Gasteiger partial charge in [0, 0.05) is 0 Å². The van der Waals surface area contributed by atoms with Crippen LogP contribution in [0.1, 0.15) is 0 Å². The zero-order valence-corrected chi connectivity index (χ0v) is 11.0.